The maximum absolute atomic E-state index is 9.96. The minimum Gasteiger partial charge on any atom is -0.388 e. The van der Waals surface area contributed by atoms with E-state index in [4.69, 9.17) is 0 Å². The highest BCUT2D eigenvalue weighted by molar-refractivity contribution is 14.1. The summed E-state index contributed by atoms with van der Waals surface area (Å²) in [4.78, 5) is 0. The lowest BCUT2D eigenvalue weighted by Crippen LogP contribution is -2.19. The standard InChI is InChI=1S/C11H13IO/c12-10-6-2-5-9(7-10)11(13)8-3-1-4-8/h2,5-8,11,13H,1,3-4H2. The van der Waals surface area contributed by atoms with Crippen LogP contribution in [0.15, 0.2) is 24.3 Å². The Balaban J connectivity index is 2.14. The molecular formula is C11H13IO. The van der Waals surface area contributed by atoms with Crippen molar-refractivity contribution in [2.75, 3.05) is 0 Å². The average molecular weight is 288 g/mol. The molecule has 0 bridgehead atoms. The molecule has 0 amide bonds. The molecule has 1 aliphatic rings. The normalized spacial score (nSPS) is 19.5. The van der Waals surface area contributed by atoms with Gasteiger partial charge in [-0.3, -0.25) is 0 Å². The van der Waals surface area contributed by atoms with Gasteiger partial charge in [-0.15, -0.1) is 0 Å². The van der Waals surface area contributed by atoms with Crippen LogP contribution in [-0.2, 0) is 0 Å². The Hall–Kier alpha value is -0.0900. The lowest BCUT2D eigenvalue weighted by Gasteiger charge is -2.30. The van der Waals surface area contributed by atoms with Gasteiger partial charge < -0.3 is 5.11 Å². The molecule has 1 fully saturated rings. The molecule has 0 aliphatic heterocycles. The van der Waals surface area contributed by atoms with Crippen molar-refractivity contribution >= 4 is 22.6 Å². The highest BCUT2D eigenvalue weighted by Gasteiger charge is 2.26. The van der Waals surface area contributed by atoms with E-state index in [1.165, 1.54) is 22.8 Å². The van der Waals surface area contributed by atoms with Crippen LogP contribution in [0, 0.1) is 9.49 Å². The zero-order valence-electron chi connectivity index (χ0n) is 7.41. The number of aliphatic hydroxyl groups excluding tert-OH is 1. The van der Waals surface area contributed by atoms with Gasteiger partial charge in [0.25, 0.3) is 0 Å². The Morgan fingerprint density at radius 3 is 2.69 bits per heavy atom. The fourth-order valence-electron chi connectivity index (χ4n) is 1.72. The van der Waals surface area contributed by atoms with Crippen LogP contribution < -0.4 is 0 Å². The topological polar surface area (TPSA) is 20.2 Å². The summed E-state index contributed by atoms with van der Waals surface area (Å²) in [5.74, 6) is 0.512. The van der Waals surface area contributed by atoms with Crippen LogP contribution in [-0.4, -0.2) is 5.11 Å². The van der Waals surface area contributed by atoms with E-state index in [1.54, 1.807) is 0 Å². The molecule has 2 heteroatoms. The molecular weight excluding hydrogens is 275 g/mol. The van der Waals surface area contributed by atoms with Crippen LogP contribution >= 0.6 is 22.6 Å². The fourth-order valence-corrected chi connectivity index (χ4v) is 2.29. The average Bonchev–Trinajstić information content (AvgIpc) is 2.01. The number of halogens is 1. The van der Waals surface area contributed by atoms with Gasteiger partial charge in [0.2, 0.25) is 0 Å². The molecule has 0 saturated heterocycles. The van der Waals surface area contributed by atoms with E-state index in [0.717, 1.165) is 5.56 Å². The minimum atomic E-state index is -0.233. The maximum Gasteiger partial charge on any atom is 0.0818 e. The van der Waals surface area contributed by atoms with Gasteiger partial charge in [0, 0.05) is 3.57 Å². The molecule has 0 aromatic heterocycles. The monoisotopic (exact) mass is 288 g/mol. The smallest absolute Gasteiger partial charge is 0.0818 e. The third kappa shape index (κ3) is 2.05. The first-order valence-corrected chi connectivity index (χ1v) is 5.79. The largest absolute Gasteiger partial charge is 0.388 e. The third-order valence-electron chi connectivity index (χ3n) is 2.79. The second-order valence-corrected chi connectivity index (χ2v) is 4.94. The van der Waals surface area contributed by atoms with E-state index >= 15 is 0 Å². The molecule has 1 aromatic carbocycles. The summed E-state index contributed by atoms with van der Waals surface area (Å²) in [5, 5.41) is 9.96. The van der Waals surface area contributed by atoms with Crippen molar-refractivity contribution in [2.45, 2.75) is 25.4 Å². The summed E-state index contributed by atoms with van der Waals surface area (Å²) in [6.07, 6.45) is 3.42. The van der Waals surface area contributed by atoms with Crippen molar-refractivity contribution in [2.24, 2.45) is 5.92 Å². The molecule has 0 heterocycles. The summed E-state index contributed by atoms with van der Waals surface area (Å²) in [7, 11) is 0. The van der Waals surface area contributed by atoms with Crippen molar-refractivity contribution in [3.63, 3.8) is 0 Å². The highest BCUT2D eigenvalue weighted by atomic mass is 127. The van der Waals surface area contributed by atoms with Crippen LogP contribution in [0.3, 0.4) is 0 Å². The molecule has 1 unspecified atom stereocenters. The Morgan fingerprint density at radius 1 is 1.38 bits per heavy atom. The van der Waals surface area contributed by atoms with Gasteiger partial charge in [0.05, 0.1) is 6.10 Å². The predicted molar refractivity (Wildman–Crippen MR) is 61.5 cm³/mol. The summed E-state index contributed by atoms with van der Waals surface area (Å²) < 4.78 is 1.20. The first kappa shape index (κ1) is 9.46. The minimum absolute atomic E-state index is 0.233. The van der Waals surface area contributed by atoms with Gasteiger partial charge in [0.1, 0.15) is 0 Å². The van der Waals surface area contributed by atoms with Crippen LogP contribution in [0.5, 0.6) is 0 Å². The van der Waals surface area contributed by atoms with Gasteiger partial charge in [-0.1, -0.05) is 18.6 Å². The molecule has 70 valence electrons. The molecule has 1 N–H and O–H groups in total. The second kappa shape index (κ2) is 3.96. The van der Waals surface area contributed by atoms with Crippen LogP contribution in [0.25, 0.3) is 0 Å². The van der Waals surface area contributed by atoms with Gasteiger partial charge >= 0.3 is 0 Å². The molecule has 1 atom stereocenters. The van der Waals surface area contributed by atoms with Crippen LogP contribution in [0.2, 0.25) is 0 Å². The van der Waals surface area contributed by atoms with Crippen LogP contribution in [0.1, 0.15) is 30.9 Å². The fraction of sp³-hybridized carbons (Fsp3) is 0.455. The summed E-state index contributed by atoms with van der Waals surface area (Å²) in [6.45, 7) is 0. The molecule has 1 aliphatic carbocycles. The number of aliphatic hydroxyl groups is 1. The lowest BCUT2D eigenvalue weighted by molar-refractivity contribution is 0.0620. The molecule has 1 nitrogen and oxygen atoms in total. The maximum atomic E-state index is 9.96. The first-order valence-electron chi connectivity index (χ1n) is 4.71. The van der Waals surface area contributed by atoms with Gasteiger partial charge in [-0.05, 0) is 59.0 Å². The van der Waals surface area contributed by atoms with E-state index in [0.29, 0.717) is 5.92 Å². The SMILES string of the molecule is OC(c1cccc(I)c1)C1CCC1. The molecule has 13 heavy (non-hydrogen) atoms. The molecule has 0 spiro atoms. The highest BCUT2D eigenvalue weighted by Crippen LogP contribution is 2.37. The van der Waals surface area contributed by atoms with E-state index in [9.17, 15) is 5.11 Å². The zero-order valence-corrected chi connectivity index (χ0v) is 9.57. The Morgan fingerprint density at radius 2 is 2.15 bits per heavy atom. The van der Waals surface area contributed by atoms with Crippen molar-refractivity contribution in [3.8, 4) is 0 Å². The number of benzene rings is 1. The predicted octanol–water partition coefficient (Wildman–Crippen LogP) is 3.12. The second-order valence-electron chi connectivity index (χ2n) is 3.69. The number of rotatable bonds is 2. The van der Waals surface area contributed by atoms with Gasteiger partial charge in [-0.25, -0.2) is 0 Å². The van der Waals surface area contributed by atoms with E-state index in [-0.39, 0.29) is 6.10 Å². The first-order chi connectivity index (χ1) is 6.27. The van der Waals surface area contributed by atoms with Crippen LogP contribution in [0.4, 0.5) is 0 Å². The molecule has 0 radical (unpaired) electrons. The third-order valence-corrected chi connectivity index (χ3v) is 3.46. The Kier molecular flexibility index (Phi) is 2.89. The van der Waals surface area contributed by atoms with Crippen molar-refractivity contribution in [3.05, 3.63) is 33.4 Å². The summed E-state index contributed by atoms with van der Waals surface area (Å²) in [6, 6.07) is 8.16. The van der Waals surface area contributed by atoms with Gasteiger partial charge in [0.15, 0.2) is 0 Å². The lowest BCUT2D eigenvalue weighted by atomic mass is 9.79. The van der Waals surface area contributed by atoms with E-state index in [1.807, 2.05) is 12.1 Å². The molecule has 1 aromatic rings. The zero-order chi connectivity index (χ0) is 9.26. The van der Waals surface area contributed by atoms with Crippen molar-refractivity contribution < 1.29 is 5.11 Å². The number of hydrogen-bond acceptors (Lipinski definition) is 1. The quantitative estimate of drug-likeness (QED) is 0.829. The summed E-state index contributed by atoms with van der Waals surface area (Å²) >= 11 is 2.28. The van der Waals surface area contributed by atoms with E-state index < -0.39 is 0 Å². The van der Waals surface area contributed by atoms with Gasteiger partial charge in [-0.2, -0.15) is 0 Å². The number of hydrogen-bond donors (Lipinski definition) is 1. The van der Waals surface area contributed by atoms with E-state index in [2.05, 4.69) is 34.7 Å². The van der Waals surface area contributed by atoms with Crippen molar-refractivity contribution in [1.82, 2.24) is 0 Å². The summed E-state index contributed by atoms with van der Waals surface area (Å²) in [5.41, 5.74) is 1.08. The van der Waals surface area contributed by atoms with Crippen molar-refractivity contribution in [1.29, 1.82) is 0 Å². The Labute approximate surface area is 92.3 Å². The molecule has 1 saturated carbocycles. The molecule has 2 rings (SSSR count). The Bertz CT molecular complexity index is 294.